The number of hydrogen-bond donors (Lipinski definition) is 1. The molecule has 0 spiro atoms. The van der Waals surface area contributed by atoms with Crippen molar-refractivity contribution in [3.05, 3.63) is 83.4 Å². The molecule has 0 aromatic heterocycles. The van der Waals surface area contributed by atoms with Crippen molar-refractivity contribution in [2.45, 2.75) is 18.7 Å². The van der Waals surface area contributed by atoms with Gasteiger partial charge in [0.05, 0.1) is 18.7 Å². The van der Waals surface area contributed by atoms with Crippen LogP contribution in [-0.4, -0.2) is 29.0 Å². The van der Waals surface area contributed by atoms with E-state index >= 15 is 0 Å². The first-order valence-corrected chi connectivity index (χ1v) is 7.97. The second kappa shape index (κ2) is 6.91. The van der Waals surface area contributed by atoms with Gasteiger partial charge in [-0.3, -0.25) is 4.79 Å². The molecule has 0 bridgehead atoms. The Kier molecular flexibility index (Phi) is 4.67. The Morgan fingerprint density at radius 2 is 1.96 bits per heavy atom. The summed E-state index contributed by atoms with van der Waals surface area (Å²) in [4.78, 5) is 25.8. The Morgan fingerprint density at radius 3 is 2.56 bits per heavy atom. The quantitative estimate of drug-likeness (QED) is 0.672. The van der Waals surface area contributed by atoms with Gasteiger partial charge < -0.3 is 14.7 Å². The summed E-state index contributed by atoms with van der Waals surface area (Å²) in [5.41, 5.74) is 2.36. The summed E-state index contributed by atoms with van der Waals surface area (Å²) in [7, 11) is 1.33. The van der Waals surface area contributed by atoms with Gasteiger partial charge in [0, 0.05) is 11.1 Å². The van der Waals surface area contributed by atoms with Crippen molar-refractivity contribution in [1.29, 1.82) is 0 Å². The fourth-order valence-corrected chi connectivity index (χ4v) is 3.16. The van der Waals surface area contributed by atoms with Gasteiger partial charge in [-0.05, 0) is 30.2 Å². The van der Waals surface area contributed by atoms with E-state index in [0.29, 0.717) is 23.1 Å². The van der Waals surface area contributed by atoms with E-state index in [2.05, 4.69) is 6.58 Å². The van der Waals surface area contributed by atoms with E-state index in [1.165, 1.54) is 12.0 Å². The fourth-order valence-electron chi connectivity index (χ4n) is 3.16. The van der Waals surface area contributed by atoms with Crippen LogP contribution < -0.4 is 0 Å². The zero-order chi connectivity index (χ0) is 18.0. The van der Waals surface area contributed by atoms with Crippen molar-refractivity contribution in [2.75, 3.05) is 7.11 Å². The van der Waals surface area contributed by atoms with Crippen molar-refractivity contribution in [3.63, 3.8) is 0 Å². The lowest BCUT2D eigenvalue weighted by Crippen LogP contribution is -2.32. The maximum Gasteiger partial charge on any atom is 0.337 e. The van der Waals surface area contributed by atoms with Gasteiger partial charge in [0.25, 0.3) is 5.91 Å². The highest BCUT2D eigenvalue weighted by Crippen LogP contribution is 2.39. The van der Waals surface area contributed by atoms with E-state index in [1.807, 2.05) is 0 Å². The molecule has 2 aromatic rings. The molecule has 2 aromatic carbocycles. The molecule has 0 aliphatic carbocycles. The van der Waals surface area contributed by atoms with Crippen LogP contribution in [0.5, 0.6) is 0 Å². The average Bonchev–Trinajstić information content (AvgIpc) is 2.90. The second-order valence-corrected chi connectivity index (χ2v) is 5.83. The molecule has 1 heterocycles. The lowest BCUT2D eigenvalue weighted by molar-refractivity contribution is -0.00348. The molecule has 0 fully saturated rings. The summed E-state index contributed by atoms with van der Waals surface area (Å²) in [5, 5.41) is 10.6. The van der Waals surface area contributed by atoms with Gasteiger partial charge >= 0.3 is 5.97 Å². The zero-order valence-electron chi connectivity index (χ0n) is 13.9. The van der Waals surface area contributed by atoms with Crippen LogP contribution in [0.4, 0.5) is 0 Å². The van der Waals surface area contributed by atoms with Gasteiger partial charge in [-0.2, -0.15) is 0 Å². The van der Waals surface area contributed by atoms with E-state index in [-0.39, 0.29) is 11.9 Å². The standard InChI is InChI=1S/C20H19NO4/c1-3-6-17(13-9-11-14(12-10-13)20(24)25-2)21-18(22)15-7-4-5-8-16(15)19(21)23/h3-5,7-12,17-18,22H,1,6H2,2H3. The number of aliphatic hydroxyl groups excluding tert-OH is 1. The number of nitrogens with zero attached hydrogens (tertiary/aromatic N) is 1. The summed E-state index contributed by atoms with van der Waals surface area (Å²) in [6, 6.07) is 13.5. The number of carbonyl (C=O) groups excluding carboxylic acids is 2. The van der Waals surface area contributed by atoms with Crippen molar-refractivity contribution < 1.29 is 19.4 Å². The Morgan fingerprint density at radius 1 is 1.28 bits per heavy atom. The van der Waals surface area contributed by atoms with Crippen molar-refractivity contribution >= 4 is 11.9 Å². The third kappa shape index (κ3) is 2.94. The molecular formula is C20H19NO4. The topological polar surface area (TPSA) is 66.8 Å². The molecule has 5 heteroatoms. The van der Waals surface area contributed by atoms with Crippen LogP contribution in [0.1, 0.15) is 50.5 Å². The molecule has 25 heavy (non-hydrogen) atoms. The molecule has 0 saturated carbocycles. The molecule has 2 atom stereocenters. The predicted octanol–water partition coefficient (Wildman–Crippen LogP) is 3.24. The molecule has 1 amide bonds. The van der Waals surface area contributed by atoms with Crippen LogP contribution in [0.2, 0.25) is 0 Å². The molecule has 0 saturated heterocycles. The number of carbonyl (C=O) groups is 2. The van der Waals surface area contributed by atoms with Crippen LogP contribution in [0, 0.1) is 0 Å². The summed E-state index contributed by atoms with van der Waals surface area (Å²) in [6.45, 7) is 3.76. The Labute approximate surface area is 146 Å². The smallest absolute Gasteiger partial charge is 0.337 e. The first-order chi connectivity index (χ1) is 12.1. The van der Waals surface area contributed by atoms with Gasteiger partial charge in [-0.15, -0.1) is 6.58 Å². The normalized spacial score (nSPS) is 17.1. The van der Waals surface area contributed by atoms with Crippen molar-refractivity contribution in [1.82, 2.24) is 4.90 Å². The minimum Gasteiger partial charge on any atom is -0.465 e. The molecule has 1 aliphatic rings. The minimum absolute atomic E-state index is 0.216. The number of esters is 1. The number of methoxy groups -OCH3 is 1. The maximum absolute atomic E-state index is 12.8. The highest BCUT2D eigenvalue weighted by atomic mass is 16.5. The summed E-state index contributed by atoms with van der Waals surface area (Å²) >= 11 is 0. The maximum atomic E-state index is 12.8. The zero-order valence-corrected chi connectivity index (χ0v) is 13.9. The number of hydrogen-bond acceptors (Lipinski definition) is 4. The van der Waals surface area contributed by atoms with Gasteiger partial charge in [-0.25, -0.2) is 4.79 Å². The van der Waals surface area contributed by atoms with Crippen molar-refractivity contribution in [2.24, 2.45) is 0 Å². The average molecular weight is 337 g/mol. The van der Waals surface area contributed by atoms with Gasteiger partial charge in [0.15, 0.2) is 6.23 Å². The molecule has 5 nitrogen and oxygen atoms in total. The predicted molar refractivity (Wildman–Crippen MR) is 92.9 cm³/mol. The van der Waals surface area contributed by atoms with E-state index in [1.54, 1.807) is 54.6 Å². The van der Waals surface area contributed by atoms with Crippen LogP contribution in [-0.2, 0) is 4.74 Å². The Bertz CT molecular complexity index is 813. The molecule has 2 unspecified atom stereocenters. The Balaban J connectivity index is 1.96. The number of benzene rings is 2. The molecule has 1 aliphatic heterocycles. The molecule has 1 N–H and O–H groups in total. The summed E-state index contributed by atoms with van der Waals surface area (Å²) in [6.07, 6.45) is 1.19. The Hall–Kier alpha value is -2.92. The summed E-state index contributed by atoms with van der Waals surface area (Å²) < 4.78 is 4.70. The first kappa shape index (κ1) is 16.9. The first-order valence-electron chi connectivity index (χ1n) is 7.97. The van der Waals surface area contributed by atoms with Crippen molar-refractivity contribution in [3.8, 4) is 0 Å². The van der Waals surface area contributed by atoms with E-state index in [9.17, 15) is 14.7 Å². The van der Waals surface area contributed by atoms with Crippen LogP contribution in [0.3, 0.4) is 0 Å². The molecule has 128 valence electrons. The van der Waals surface area contributed by atoms with Gasteiger partial charge in [-0.1, -0.05) is 36.4 Å². The van der Waals surface area contributed by atoms with E-state index in [4.69, 9.17) is 4.74 Å². The minimum atomic E-state index is -1.01. The second-order valence-electron chi connectivity index (χ2n) is 5.83. The largest absolute Gasteiger partial charge is 0.465 e. The van der Waals surface area contributed by atoms with Crippen LogP contribution >= 0.6 is 0 Å². The molecule has 3 rings (SSSR count). The third-order valence-corrected chi connectivity index (χ3v) is 4.41. The highest BCUT2D eigenvalue weighted by Gasteiger charge is 2.39. The van der Waals surface area contributed by atoms with Crippen LogP contribution in [0.25, 0.3) is 0 Å². The number of aliphatic hydroxyl groups is 1. The van der Waals surface area contributed by atoms with E-state index < -0.39 is 12.2 Å². The number of ether oxygens (including phenoxy) is 1. The number of amides is 1. The highest BCUT2D eigenvalue weighted by molar-refractivity contribution is 5.99. The number of rotatable bonds is 5. The van der Waals surface area contributed by atoms with Crippen LogP contribution in [0.15, 0.2) is 61.2 Å². The monoisotopic (exact) mass is 337 g/mol. The summed E-state index contributed by atoms with van der Waals surface area (Å²) in [5.74, 6) is -0.636. The molecule has 0 radical (unpaired) electrons. The lowest BCUT2D eigenvalue weighted by Gasteiger charge is -2.30. The molecular weight excluding hydrogens is 318 g/mol. The van der Waals surface area contributed by atoms with Gasteiger partial charge in [0.1, 0.15) is 0 Å². The number of fused-ring (bicyclic) bond motifs is 1. The van der Waals surface area contributed by atoms with E-state index in [0.717, 1.165) is 5.56 Å². The lowest BCUT2D eigenvalue weighted by atomic mass is 10.00. The SMILES string of the molecule is C=CCC(c1ccc(C(=O)OC)cc1)N1C(=O)c2ccccc2C1O. The fraction of sp³-hybridized carbons (Fsp3) is 0.200. The third-order valence-electron chi connectivity index (χ3n) is 4.41. The van der Waals surface area contributed by atoms with Gasteiger partial charge in [0.2, 0.25) is 0 Å².